The summed E-state index contributed by atoms with van der Waals surface area (Å²) >= 11 is 0. The van der Waals surface area contributed by atoms with E-state index in [1.807, 2.05) is 6.07 Å². The first-order chi connectivity index (χ1) is 8.62. The summed E-state index contributed by atoms with van der Waals surface area (Å²) in [4.78, 5) is 25.6. The Kier molecular flexibility index (Phi) is 17.8. The maximum atomic E-state index is 9.84. The molecule has 0 fully saturated rings. The second kappa shape index (κ2) is 12.5. The van der Waals surface area contributed by atoms with Crippen LogP contribution in [-0.2, 0) is 15.4 Å². The van der Waals surface area contributed by atoms with Gasteiger partial charge in [0.2, 0.25) is 0 Å². The minimum Gasteiger partial charge on any atom is -0.822 e. The minimum absolute atomic E-state index is 0. The van der Waals surface area contributed by atoms with Crippen molar-refractivity contribution in [2.24, 2.45) is 0 Å². The maximum absolute atomic E-state index is 9.84. The molecule has 0 heterocycles. The quantitative estimate of drug-likeness (QED) is 0.361. The molecule has 0 amide bonds. The summed E-state index contributed by atoms with van der Waals surface area (Å²) in [6.07, 6.45) is 0. The van der Waals surface area contributed by atoms with E-state index in [0.717, 1.165) is 5.56 Å². The number of benzene rings is 1. The van der Waals surface area contributed by atoms with Crippen LogP contribution in [0.15, 0.2) is 18.2 Å². The van der Waals surface area contributed by atoms with Gasteiger partial charge < -0.3 is 24.4 Å². The third-order valence-corrected chi connectivity index (χ3v) is 2.67. The van der Waals surface area contributed by atoms with Crippen LogP contribution in [0.4, 0.5) is 0 Å². The van der Waals surface area contributed by atoms with Crippen LogP contribution >= 0.6 is 7.82 Å². The molecule has 1 N–H and O–H groups in total. The zero-order chi connectivity index (χ0) is 16.4. The smallest absolute Gasteiger partial charge is 0.822 e. The summed E-state index contributed by atoms with van der Waals surface area (Å²) in [5.41, 5.74) is 2.42. The molecule has 9 heteroatoms. The SMILES string of the molecule is CC(C)(C)c1ccc(O)c(C(C)(C)C)c1.O=P([O-])([O-])[O-].[Na+].[Na+].[Na+]. The van der Waals surface area contributed by atoms with E-state index in [4.69, 9.17) is 19.2 Å². The molecule has 0 atom stereocenters. The van der Waals surface area contributed by atoms with Gasteiger partial charge in [0.15, 0.2) is 0 Å². The van der Waals surface area contributed by atoms with Crippen molar-refractivity contribution in [2.45, 2.75) is 52.4 Å². The molecule has 0 aliphatic carbocycles. The summed E-state index contributed by atoms with van der Waals surface area (Å²) in [7, 11) is -5.39. The number of hydrogen-bond acceptors (Lipinski definition) is 5. The summed E-state index contributed by atoms with van der Waals surface area (Å²) in [5.74, 6) is 0.399. The van der Waals surface area contributed by atoms with Crippen LogP contribution in [0, 0.1) is 0 Å². The van der Waals surface area contributed by atoms with Crippen LogP contribution < -0.4 is 103 Å². The Hall–Kier alpha value is 2.13. The normalized spacial score (nSPS) is 11.0. The van der Waals surface area contributed by atoms with Crippen LogP contribution in [0.5, 0.6) is 5.75 Å². The monoisotopic (exact) mass is 370 g/mol. The van der Waals surface area contributed by atoms with E-state index < -0.39 is 7.82 Å². The van der Waals surface area contributed by atoms with Crippen LogP contribution in [0.2, 0.25) is 0 Å². The zero-order valence-electron chi connectivity index (χ0n) is 15.8. The summed E-state index contributed by atoms with van der Waals surface area (Å²) < 4.78 is 8.55. The predicted octanol–water partition coefficient (Wildman–Crippen LogP) is -7.83. The third-order valence-electron chi connectivity index (χ3n) is 2.67. The molecule has 0 bridgehead atoms. The van der Waals surface area contributed by atoms with Gasteiger partial charge in [-0.3, -0.25) is 0 Å². The van der Waals surface area contributed by atoms with Gasteiger partial charge in [0, 0.05) is 0 Å². The van der Waals surface area contributed by atoms with Crippen molar-refractivity contribution in [3.8, 4) is 5.75 Å². The molecular weight excluding hydrogens is 348 g/mol. The van der Waals surface area contributed by atoms with Crippen molar-refractivity contribution in [2.75, 3.05) is 0 Å². The van der Waals surface area contributed by atoms with Gasteiger partial charge in [0.05, 0.1) is 0 Å². The number of hydrogen-bond donors (Lipinski definition) is 1. The summed E-state index contributed by atoms with van der Waals surface area (Å²) in [6, 6.07) is 5.93. The second-order valence-corrected chi connectivity index (χ2v) is 7.57. The van der Waals surface area contributed by atoms with E-state index in [2.05, 4.69) is 47.6 Å². The molecule has 116 valence electrons. The molecule has 5 nitrogen and oxygen atoms in total. The van der Waals surface area contributed by atoms with Crippen LogP contribution in [0.1, 0.15) is 52.7 Å². The number of rotatable bonds is 0. The maximum Gasteiger partial charge on any atom is 1.00 e. The average Bonchev–Trinajstić information content (AvgIpc) is 2.11. The van der Waals surface area contributed by atoms with E-state index in [1.165, 1.54) is 5.56 Å². The van der Waals surface area contributed by atoms with Gasteiger partial charge >= 0.3 is 88.7 Å². The Morgan fingerprint density at radius 1 is 0.870 bits per heavy atom. The number of phenols is 1. The summed E-state index contributed by atoms with van der Waals surface area (Å²) in [5, 5.41) is 9.84. The number of aromatic hydroxyl groups is 1. The molecule has 0 saturated heterocycles. The van der Waals surface area contributed by atoms with Gasteiger partial charge in [0.1, 0.15) is 5.75 Å². The van der Waals surface area contributed by atoms with Gasteiger partial charge in [0.25, 0.3) is 0 Å². The number of phosphoric acid groups is 1. The van der Waals surface area contributed by atoms with Crippen molar-refractivity contribution < 1.29 is 113 Å². The Morgan fingerprint density at radius 2 is 1.22 bits per heavy atom. The van der Waals surface area contributed by atoms with Crippen molar-refractivity contribution >= 4 is 7.82 Å². The Labute approximate surface area is 205 Å². The summed E-state index contributed by atoms with van der Waals surface area (Å²) in [6.45, 7) is 12.9. The molecule has 0 radical (unpaired) electrons. The van der Waals surface area contributed by atoms with Crippen molar-refractivity contribution in [3.63, 3.8) is 0 Å². The van der Waals surface area contributed by atoms with Crippen LogP contribution in [-0.4, -0.2) is 5.11 Å². The van der Waals surface area contributed by atoms with E-state index in [1.54, 1.807) is 6.07 Å². The molecule has 1 rings (SSSR count). The molecular formula is C14H22Na3O5P. The van der Waals surface area contributed by atoms with Gasteiger partial charge in [-0.15, -0.1) is 0 Å². The van der Waals surface area contributed by atoms with Crippen molar-refractivity contribution in [1.82, 2.24) is 0 Å². The van der Waals surface area contributed by atoms with Crippen LogP contribution in [0.25, 0.3) is 0 Å². The molecule has 0 unspecified atom stereocenters. The molecule has 1 aromatic carbocycles. The first-order valence-electron chi connectivity index (χ1n) is 6.19. The molecule has 0 aliphatic rings. The van der Waals surface area contributed by atoms with E-state index in [9.17, 15) is 5.11 Å². The fraction of sp³-hybridized carbons (Fsp3) is 0.571. The average molecular weight is 370 g/mol. The predicted molar refractivity (Wildman–Crippen MR) is 73.1 cm³/mol. The van der Waals surface area contributed by atoms with Crippen molar-refractivity contribution in [1.29, 1.82) is 0 Å². The van der Waals surface area contributed by atoms with Crippen LogP contribution in [0.3, 0.4) is 0 Å². The van der Waals surface area contributed by atoms with Gasteiger partial charge in [-0.25, -0.2) is 0 Å². The Morgan fingerprint density at radius 3 is 1.48 bits per heavy atom. The first kappa shape index (κ1) is 32.8. The molecule has 0 aromatic heterocycles. The molecule has 23 heavy (non-hydrogen) atoms. The Bertz CT molecular complexity index is 496. The fourth-order valence-corrected chi connectivity index (χ4v) is 1.60. The Balaban J connectivity index is -0.000000199. The van der Waals surface area contributed by atoms with E-state index >= 15 is 0 Å². The topological polar surface area (TPSA) is 106 Å². The van der Waals surface area contributed by atoms with E-state index in [0.29, 0.717) is 5.75 Å². The molecule has 1 aromatic rings. The fourth-order valence-electron chi connectivity index (χ4n) is 1.60. The zero-order valence-corrected chi connectivity index (χ0v) is 22.7. The van der Waals surface area contributed by atoms with E-state index in [-0.39, 0.29) is 99.5 Å². The van der Waals surface area contributed by atoms with Gasteiger partial charge in [-0.1, -0.05) is 53.7 Å². The molecule has 0 saturated carbocycles. The van der Waals surface area contributed by atoms with Crippen molar-refractivity contribution in [3.05, 3.63) is 29.3 Å². The van der Waals surface area contributed by atoms with Gasteiger partial charge in [-0.05, 0) is 28.0 Å². The largest absolute Gasteiger partial charge is 1.00 e. The molecule has 0 spiro atoms. The first-order valence-corrected chi connectivity index (χ1v) is 7.65. The second-order valence-electron chi connectivity index (χ2n) is 6.68. The standard InChI is InChI=1S/C14H22O.3Na.H3O4P/c1-13(2,3)10-7-8-12(15)11(9-10)14(4,5)6;;;;1-5(2,3)4/h7-9,15H,1-6H3;;;;(H3,1,2,3,4)/q;3*+1;/p-3. The molecule has 0 aliphatic heterocycles. The third kappa shape index (κ3) is 16.1. The minimum atomic E-state index is -5.39. The van der Waals surface area contributed by atoms with Gasteiger partial charge in [-0.2, -0.15) is 7.82 Å². The number of phenolic OH excluding ortho intramolecular Hbond substituents is 1.